The van der Waals surface area contributed by atoms with Crippen LogP contribution >= 0.6 is 23.2 Å². The first kappa shape index (κ1) is 16.9. The highest BCUT2D eigenvalue weighted by molar-refractivity contribution is 6.36. The maximum absolute atomic E-state index is 13.2. The summed E-state index contributed by atoms with van der Waals surface area (Å²) < 4.78 is 14.6. The van der Waals surface area contributed by atoms with Gasteiger partial charge in [0.15, 0.2) is 5.82 Å². The average Bonchev–Trinajstić information content (AvgIpc) is 2.91. The van der Waals surface area contributed by atoms with E-state index >= 15 is 0 Å². The molecule has 2 aromatic carbocycles. The molecule has 1 atom stereocenters. The quantitative estimate of drug-likeness (QED) is 0.689. The normalized spacial score (nSPS) is 16.3. The first-order valence-corrected chi connectivity index (χ1v) is 8.59. The molecule has 4 rings (SSSR count). The molecule has 1 aromatic heterocycles. The topological polar surface area (TPSA) is 72.9 Å². The Morgan fingerprint density at radius 2 is 1.81 bits per heavy atom. The lowest BCUT2D eigenvalue weighted by Crippen LogP contribution is -2.28. The Kier molecular flexibility index (Phi) is 4.09. The first-order valence-electron chi connectivity index (χ1n) is 7.84. The van der Waals surface area contributed by atoms with Gasteiger partial charge >= 0.3 is 0 Å². The average molecular weight is 391 g/mol. The lowest BCUT2D eigenvalue weighted by Gasteiger charge is -2.23. The number of amides is 1. The van der Waals surface area contributed by atoms with E-state index in [-0.39, 0.29) is 11.7 Å². The smallest absolute Gasteiger partial charge is 0.233 e. The SMILES string of the molecule is Nc1c2c(nn1-c1ccc(F)cc1)NC(=O)C(c1c(Cl)cccc1Cl)C2. The summed E-state index contributed by atoms with van der Waals surface area (Å²) >= 11 is 12.5. The summed E-state index contributed by atoms with van der Waals surface area (Å²) in [7, 11) is 0. The minimum atomic E-state index is -0.572. The number of benzene rings is 2. The molecule has 0 saturated carbocycles. The fraction of sp³-hybridized carbons (Fsp3) is 0.111. The van der Waals surface area contributed by atoms with Gasteiger partial charge in [0.2, 0.25) is 5.91 Å². The van der Waals surface area contributed by atoms with Crippen molar-refractivity contribution in [3.8, 4) is 5.69 Å². The third kappa shape index (κ3) is 2.71. The number of carbonyl (C=O) groups excluding carboxylic acids is 1. The van der Waals surface area contributed by atoms with Gasteiger partial charge < -0.3 is 11.1 Å². The summed E-state index contributed by atoms with van der Waals surface area (Å²) in [5.41, 5.74) is 8.10. The van der Waals surface area contributed by atoms with E-state index in [0.717, 1.165) is 0 Å². The molecule has 3 N–H and O–H groups in total. The third-order valence-electron chi connectivity index (χ3n) is 4.41. The molecular formula is C18H13Cl2FN4O. The van der Waals surface area contributed by atoms with Crippen LogP contribution in [-0.2, 0) is 11.2 Å². The van der Waals surface area contributed by atoms with Gasteiger partial charge in [-0.05, 0) is 42.8 Å². The van der Waals surface area contributed by atoms with Crippen molar-refractivity contribution in [2.24, 2.45) is 0 Å². The van der Waals surface area contributed by atoms with E-state index in [2.05, 4.69) is 10.4 Å². The van der Waals surface area contributed by atoms with E-state index < -0.39 is 5.92 Å². The molecule has 0 radical (unpaired) electrons. The molecule has 0 aliphatic carbocycles. The molecule has 132 valence electrons. The van der Waals surface area contributed by atoms with Gasteiger partial charge in [-0.25, -0.2) is 9.07 Å². The van der Waals surface area contributed by atoms with Crippen LogP contribution in [0.4, 0.5) is 16.0 Å². The Bertz CT molecular complexity index is 997. The van der Waals surface area contributed by atoms with Gasteiger partial charge in [0.05, 0.1) is 11.6 Å². The minimum Gasteiger partial charge on any atom is -0.383 e. The van der Waals surface area contributed by atoms with Crippen LogP contribution in [0.1, 0.15) is 17.0 Å². The highest BCUT2D eigenvalue weighted by Gasteiger charge is 2.34. The number of nitrogens with one attached hydrogen (secondary N) is 1. The number of nitrogens with two attached hydrogens (primary N) is 1. The van der Waals surface area contributed by atoms with Crippen molar-refractivity contribution in [2.45, 2.75) is 12.3 Å². The predicted octanol–water partition coefficient (Wildman–Crippen LogP) is 4.18. The minimum absolute atomic E-state index is 0.253. The van der Waals surface area contributed by atoms with Crippen LogP contribution in [0.5, 0.6) is 0 Å². The van der Waals surface area contributed by atoms with Crippen LogP contribution in [0.25, 0.3) is 5.69 Å². The molecule has 8 heteroatoms. The summed E-state index contributed by atoms with van der Waals surface area (Å²) in [5.74, 6) is -0.421. The molecule has 0 fully saturated rings. The molecule has 5 nitrogen and oxygen atoms in total. The number of anilines is 2. The molecule has 1 unspecified atom stereocenters. The number of halogens is 3. The van der Waals surface area contributed by atoms with Gasteiger partial charge in [0.25, 0.3) is 0 Å². The zero-order chi connectivity index (χ0) is 18.4. The number of nitrogen functional groups attached to an aromatic ring is 1. The molecule has 1 aliphatic heterocycles. The molecule has 1 aliphatic rings. The Morgan fingerprint density at radius 1 is 1.15 bits per heavy atom. The second-order valence-corrected chi connectivity index (χ2v) is 6.80. The van der Waals surface area contributed by atoms with E-state index in [4.69, 9.17) is 28.9 Å². The molecule has 26 heavy (non-hydrogen) atoms. The number of aromatic nitrogens is 2. The van der Waals surface area contributed by atoms with Crippen molar-refractivity contribution >= 4 is 40.7 Å². The van der Waals surface area contributed by atoms with E-state index in [9.17, 15) is 9.18 Å². The molecule has 2 heterocycles. The first-order chi connectivity index (χ1) is 12.5. The zero-order valence-corrected chi connectivity index (χ0v) is 14.9. The van der Waals surface area contributed by atoms with E-state index in [1.165, 1.54) is 16.8 Å². The second-order valence-electron chi connectivity index (χ2n) is 5.98. The van der Waals surface area contributed by atoms with Crippen LogP contribution in [0, 0.1) is 5.82 Å². The van der Waals surface area contributed by atoms with Crippen LogP contribution in [-0.4, -0.2) is 15.7 Å². The maximum atomic E-state index is 13.2. The summed E-state index contributed by atoms with van der Waals surface area (Å²) in [4.78, 5) is 12.6. The van der Waals surface area contributed by atoms with Crippen LogP contribution in [0.15, 0.2) is 42.5 Å². The second kappa shape index (κ2) is 6.30. The van der Waals surface area contributed by atoms with Gasteiger partial charge in [-0.15, -0.1) is 5.10 Å². The Balaban J connectivity index is 1.77. The molecule has 1 amide bonds. The van der Waals surface area contributed by atoms with Gasteiger partial charge in [-0.1, -0.05) is 29.3 Å². The summed E-state index contributed by atoms with van der Waals surface area (Å²) in [6, 6.07) is 10.9. The lowest BCUT2D eigenvalue weighted by molar-refractivity contribution is -0.117. The largest absolute Gasteiger partial charge is 0.383 e. The number of hydrogen-bond donors (Lipinski definition) is 2. The monoisotopic (exact) mass is 390 g/mol. The number of nitrogens with zero attached hydrogens (tertiary/aromatic N) is 2. The van der Waals surface area contributed by atoms with Crippen molar-refractivity contribution in [1.82, 2.24) is 9.78 Å². The van der Waals surface area contributed by atoms with Gasteiger partial charge in [0.1, 0.15) is 11.6 Å². The van der Waals surface area contributed by atoms with E-state index in [1.54, 1.807) is 30.3 Å². The molecular weight excluding hydrogens is 378 g/mol. The molecule has 3 aromatic rings. The number of fused-ring (bicyclic) bond motifs is 1. The number of carbonyl (C=O) groups is 1. The van der Waals surface area contributed by atoms with Crippen LogP contribution < -0.4 is 11.1 Å². The number of rotatable bonds is 2. The van der Waals surface area contributed by atoms with Crippen LogP contribution in [0.3, 0.4) is 0 Å². The standard InChI is InChI=1S/C18H13Cl2FN4O/c19-13-2-1-3-14(20)15(13)11-8-12-16(22)25(24-17(12)23-18(11)26)10-6-4-9(21)5-7-10/h1-7,11H,8,22H2,(H,23,24,26). The maximum Gasteiger partial charge on any atom is 0.233 e. The Hall–Kier alpha value is -2.57. The van der Waals surface area contributed by atoms with Crippen molar-refractivity contribution in [3.05, 3.63) is 69.5 Å². The molecule has 0 saturated heterocycles. The van der Waals surface area contributed by atoms with E-state index in [0.29, 0.717) is 44.9 Å². The van der Waals surface area contributed by atoms with Crippen molar-refractivity contribution in [3.63, 3.8) is 0 Å². The zero-order valence-electron chi connectivity index (χ0n) is 13.3. The Morgan fingerprint density at radius 3 is 2.46 bits per heavy atom. The highest BCUT2D eigenvalue weighted by atomic mass is 35.5. The fourth-order valence-electron chi connectivity index (χ4n) is 3.12. The summed E-state index contributed by atoms with van der Waals surface area (Å²) in [6.45, 7) is 0. The summed E-state index contributed by atoms with van der Waals surface area (Å²) in [5, 5.41) is 7.95. The summed E-state index contributed by atoms with van der Waals surface area (Å²) in [6.07, 6.45) is 0.317. The third-order valence-corrected chi connectivity index (χ3v) is 5.07. The van der Waals surface area contributed by atoms with Crippen LogP contribution in [0.2, 0.25) is 10.0 Å². The predicted molar refractivity (Wildman–Crippen MR) is 99.5 cm³/mol. The molecule has 0 bridgehead atoms. The van der Waals surface area contributed by atoms with Gasteiger partial charge in [-0.2, -0.15) is 0 Å². The highest BCUT2D eigenvalue weighted by Crippen LogP contribution is 2.40. The van der Waals surface area contributed by atoms with Crippen molar-refractivity contribution in [1.29, 1.82) is 0 Å². The molecule has 0 spiro atoms. The number of hydrogen-bond acceptors (Lipinski definition) is 3. The van der Waals surface area contributed by atoms with Gasteiger partial charge in [-0.3, -0.25) is 4.79 Å². The fourth-order valence-corrected chi connectivity index (χ4v) is 3.78. The van der Waals surface area contributed by atoms with E-state index in [1.807, 2.05) is 0 Å². The Labute approximate surface area is 158 Å². The van der Waals surface area contributed by atoms with Gasteiger partial charge in [0, 0.05) is 21.2 Å². The van der Waals surface area contributed by atoms with Crippen molar-refractivity contribution < 1.29 is 9.18 Å². The van der Waals surface area contributed by atoms with Crippen molar-refractivity contribution in [2.75, 3.05) is 11.1 Å². The lowest BCUT2D eigenvalue weighted by atomic mass is 9.89.